The van der Waals surface area contributed by atoms with Gasteiger partial charge in [-0.15, -0.1) is 0 Å². The summed E-state index contributed by atoms with van der Waals surface area (Å²) in [5.41, 5.74) is 2.98. The molecule has 2 unspecified atom stereocenters. The zero-order valence-electron chi connectivity index (χ0n) is 15.4. The van der Waals surface area contributed by atoms with Crippen molar-refractivity contribution in [2.24, 2.45) is 17.8 Å². The third kappa shape index (κ3) is 3.17. The number of imidazole rings is 1. The highest BCUT2D eigenvalue weighted by atomic mass is 16.5. The monoisotopic (exact) mass is 358 g/mol. The van der Waals surface area contributed by atoms with Gasteiger partial charge >= 0.3 is 0 Å². The van der Waals surface area contributed by atoms with Gasteiger partial charge in [0, 0.05) is 41.9 Å². The summed E-state index contributed by atoms with van der Waals surface area (Å²) >= 11 is 0. The number of aryl methyl sites for hydroxylation is 1. The first-order valence-electron chi connectivity index (χ1n) is 9.60. The van der Waals surface area contributed by atoms with E-state index in [2.05, 4.69) is 63.1 Å². The lowest BCUT2D eigenvalue weighted by Crippen LogP contribution is -2.13. The maximum atomic E-state index is 5.54. The van der Waals surface area contributed by atoms with Crippen LogP contribution in [-0.4, -0.2) is 27.8 Å². The molecule has 1 N–H and O–H groups in total. The molecule has 2 aliphatic rings. The Morgan fingerprint density at radius 1 is 1.22 bits per heavy atom. The maximum absolute atomic E-state index is 5.54. The van der Waals surface area contributed by atoms with Crippen LogP contribution in [0.25, 0.3) is 11.3 Å². The predicted octanol–water partition coefficient (Wildman–Crippen LogP) is 2.97. The SMILES string of the molecule is CCc1nccn1Cc1cc(-c2ccc(C#CC3C4CNCC34)cc2)on1. The molecule has 5 nitrogen and oxygen atoms in total. The van der Waals surface area contributed by atoms with Gasteiger partial charge in [-0.05, 0) is 49.2 Å². The van der Waals surface area contributed by atoms with Crippen LogP contribution in [0.1, 0.15) is 24.0 Å². The van der Waals surface area contributed by atoms with Crippen molar-refractivity contribution in [3.05, 3.63) is 59.8 Å². The first kappa shape index (κ1) is 16.3. The number of nitrogens with zero attached hydrogens (tertiary/aromatic N) is 3. The van der Waals surface area contributed by atoms with Crippen molar-refractivity contribution in [3.8, 4) is 23.2 Å². The number of benzene rings is 1. The van der Waals surface area contributed by atoms with Crippen molar-refractivity contribution in [1.82, 2.24) is 20.0 Å². The Morgan fingerprint density at radius 3 is 2.81 bits per heavy atom. The fourth-order valence-electron chi connectivity index (χ4n) is 4.01. The number of rotatable bonds is 4. The summed E-state index contributed by atoms with van der Waals surface area (Å²) in [6.45, 7) is 5.05. The topological polar surface area (TPSA) is 55.9 Å². The predicted molar refractivity (Wildman–Crippen MR) is 103 cm³/mol. The van der Waals surface area contributed by atoms with Gasteiger partial charge in [-0.1, -0.05) is 23.9 Å². The second kappa shape index (κ2) is 6.71. The van der Waals surface area contributed by atoms with Gasteiger partial charge < -0.3 is 14.4 Å². The molecule has 1 aliphatic heterocycles. The summed E-state index contributed by atoms with van der Waals surface area (Å²) in [7, 11) is 0. The minimum Gasteiger partial charge on any atom is -0.356 e. The van der Waals surface area contributed by atoms with Gasteiger partial charge in [0.15, 0.2) is 5.76 Å². The second-order valence-corrected chi connectivity index (χ2v) is 7.37. The molecule has 3 heterocycles. The van der Waals surface area contributed by atoms with Crippen LogP contribution in [0, 0.1) is 29.6 Å². The zero-order chi connectivity index (χ0) is 18.2. The van der Waals surface area contributed by atoms with Gasteiger partial charge in [0.25, 0.3) is 0 Å². The van der Waals surface area contributed by atoms with Gasteiger partial charge in [0.2, 0.25) is 0 Å². The van der Waals surface area contributed by atoms with Crippen LogP contribution in [-0.2, 0) is 13.0 Å². The number of fused-ring (bicyclic) bond motifs is 1. The van der Waals surface area contributed by atoms with Crippen molar-refractivity contribution in [3.63, 3.8) is 0 Å². The summed E-state index contributed by atoms with van der Waals surface area (Å²) in [4.78, 5) is 4.35. The van der Waals surface area contributed by atoms with E-state index in [9.17, 15) is 0 Å². The number of nitrogens with one attached hydrogen (secondary N) is 1. The Bertz CT molecular complexity index is 995. The Hall–Kier alpha value is -2.84. The van der Waals surface area contributed by atoms with Crippen molar-refractivity contribution in [2.45, 2.75) is 19.9 Å². The van der Waals surface area contributed by atoms with Crippen LogP contribution in [0.3, 0.4) is 0 Å². The first-order valence-corrected chi connectivity index (χ1v) is 9.60. The normalized spacial score (nSPS) is 22.9. The Balaban J connectivity index is 1.27. The summed E-state index contributed by atoms with van der Waals surface area (Å²) in [6, 6.07) is 10.2. The standard InChI is InChI=1S/C22H22N4O/c1-2-22-24-9-10-26(22)14-17-11-21(27-25-17)16-6-3-15(4-7-16)5-8-18-19-12-23-13-20(18)19/h3-4,6-7,9-11,18-20,23H,2,12-14H2,1H3. The fraction of sp³-hybridized carbons (Fsp3) is 0.364. The number of hydrogen-bond donors (Lipinski definition) is 1. The lowest BCUT2D eigenvalue weighted by molar-refractivity contribution is 0.421. The van der Waals surface area contributed by atoms with Crippen LogP contribution in [0.2, 0.25) is 0 Å². The van der Waals surface area contributed by atoms with E-state index < -0.39 is 0 Å². The third-order valence-electron chi connectivity index (χ3n) is 5.65. The minimum atomic E-state index is 0.596. The number of piperidine rings is 1. The van der Waals surface area contributed by atoms with Crippen molar-refractivity contribution in [1.29, 1.82) is 0 Å². The molecule has 1 aliphatic carbocycles. The molecule has 0 bridgehead atoms. The molecule has 5 heteroatoms. The highest BCUT2D eigenvalue weighted by Gasteiger charge is 2.51. The van der Waals surface area contributed by atoms with E-state index >= 15 is 0 Å². The molecular formula is C22H22N4O. The molecule has 2 fully saturated rings. The molecule has 0 amide bonds. The molecular weight excluding hydrogens is 336 g/mol. The quantitative estimate of drug-likeness (QED) is 0.729. The summed E-state index contributed by atoms with van der Waals surface area (Å²) in [6.07, 6.45) is 4.70. The molecule has 2 atom stereocenters. The highest BCUT2D eigenvalue weighted by molar-refractivity contribution is 5.59. The smallest absolute Gasteiger partial charge is 0.167 e. The number of aromatic nitrogens is 3. The average Bonchev–Trinajstić information content (AvgIpc) is 3.20. The largest absolute Gasteiger partial charge is 0.356 e. The first-order chi connectivity index (χ1) is 13.3. The van der Waals surface area contributed by atoms with Crippen LogP contribution in [0.15, 0.2) is 47.2 Å². The molecule has 2 aromatic heterocycles. The van der Waals surface area contributed by atoms with Crippen LogP contribution >= 0.6 is 0 Å². The van der Waals surface area contributed by atoms with Crippen molar-refractivity contribution in [2.75, 3.05) is 13.1 Å². The molecule has 3 aromatic rings. The molecule has 0 spiro atoms. The molecule has 136 valence electrons. The van der Waals surface area contributed by atoms with Crippen molar-refractivity contribution >= 4 is 0 Å². The van der Waals surface area contributed by atoms with Gasteiger partial charge in [-0.3, -0.25) is 0 Å². The Labute approximate surface area is 158 Å². The van der Waals surface area contributed by atoms with Gasteiger partial charge in [-0.2, -0.15) is 0 Å². The van der Waals surface area contributed by atoms with Crippen LogP contribution in [0.4, 0.5) is 0 Å². The average molecular weight is 358 g/mol. The maximum Gasteiger partial charge on any atom is 0.167 e. The van der Waals surface area contributed by atoms with E-state index in [0.29, 0.717) is 12.5 Å². The van der Waals surface area contributed by atoms with Gasteiger partial charge in [0.05, 0.1) is 6.54 Å². The lowest BCUT2D eigenvalue weighted by atomic mass is 10.1. The van der Waals surface area contributed by atoms with Gasteiger partial charge in [0.1, 0.15) is 11.5 Å². The molecule has 1 saturated heterocycles. The number of hydrogen-bond acceptors (Lipinski definition) is 4. The van der Waals surface area contributed by atoms with Gasteiger partial charge in [-0.25, -0.2) is 4.98 Å². The summed E-state index contributed by atoms with van der Waals surface area (Å²) in [5, 5.41) is 7.62. The molecule has 5 rings (SSSR count). The minimum absolute atomic E-state index is 0.596. The highest BCUT2D eigenvalue weighted by Crippen LogP contribution is 2.48. The third-order valence-corrected chi connectivity index (χ3v) is 5.65. The van der Waals surface area contributed by atoms with E-state index in [1.54, 1.807) is 0 Å². The summed E-state index contributed by atoms with van der Waals surface area (Å²) < 4.78 is 7.64. The molecule has 0 radical (unpaired) electrons. The van der Waals surface area contributed by atoms with Crippen LogP contribution < -0.4 is 5.32 Å². The van der Waals surface area contributed by atoms with E-state index in [-0.39, 0.29) is 0 Å². The molecule has 27 heavy (non-hydrogen) atoms. The fourth-order valence-corrected chi connectivity index (χ4v) is 4.01. The lowest BCUT2D eigenvalue weighted by Gasteiger charge is -2.02. The molecule has 1 aromatic carbocycles. The Morgan fingerprint density at radius 2 is 2.04 bits per heavy atom. The van der Waals surface area contributed by atoms with E-state index in [1.165, 1.54) is 0 Å². The Kier molecular flexibility index (Phi) is 4.06. The van der Waals surface area contributed by atoms with Crippen molar-refractivity contribution < 1.29 is 4.52 Å². The van der Waals surface area contributed by atoms with E-state index in [4.69, 9.17) is 4.52 Å². The summed E-state index contributed by atoms with van der Waals surface area (Å²) in [5.74, 6) is 10.8. The second-order valence-electron chi connectivity index (χ2n) is 7.37. The zero-order valence-corrected chi connectivity index (χ0v) is 15.4. The van der Waals surface area contributed by atoms with Crippen LogP contribution in [0.5, 0.6) is 0 Å². The van der Waals surface area contributed by atoms with E-state index in [1.807, 2.05) is 18.5 Å². The molecule has 1 saturated carbocycles. The van der Waals surface area contributed by atoms with E-state index in [0.717, 1.165) is 59.8 Å².